The van der Waals surface area contributed by atoms with Gasteiger partial charge in [-0.15, -0.1) is 0 Å². The SMILES string of the molecule is CC(C)CCC(=O)C(CC(C)C)NC(=O)C(CC(=O)C(CC(C)C)NC(C)C)CC(C)C. The molecule has 0 saturated heterocycles. The maximum Gasteiger partial charge on any atom is 0.224 e. The fourth-order valence-electron chi connectivity index (χ4n) is 4.04. The minimum Gasteiger partial charge on any atom is -0.346 e. The molecule has 0 radical (unpaired) electrons. The van der Waals surface area contributed by atoms with Crippen molar-refractivity contribution in [3.05, 3.63) is 0 Å². The Bertz CT molecular complexity index is 557. The van der Waals surface area contributed by atoms with Crippen molar-refractivity contribution in [3.63, 3.8) is 0 Å². The number of carbonyl (C=O) groups is 3. The van der Waals surface area contributed by atoms with Gasteiger partial charge in [-0.05, 0) is 49.4 Å². The maximum atomic E-state index is 13.3. The van der Waals surface area contributed by atoms with Gasteiger partial charge in [0.1, 0.15) is 0 Å². The molecular weight excluding hydrogens is 400 g/mol. The van der Waals surface area contributed by atoms with Crippen LogP contribution < -0.4 is 10.6 Å². The molecule has 5 nitrogen and oxygen atoms in total. The molecule has 0 aromatic carbocycles. The standard InChI is InChI=1S/C27H52N2O3/c1-17(2)11-12-25(30)23(14-19(5)6)29-27(32)22(13-18(3)4)16-26(31)24(15-20(7)8)28-21(9)10/h17-24,28H,11-16H2,1-10H3,(H,29,32). The summed E-state index contributed by atoms with van der Waals surface area (Å²) in [6, 6.07) is -0.503. The van der Waals surface area contributed by atoms with Crippen LogP contribution in [0, 0.1) is 29.6 Å². The summed E-state index contributed by atoms with van der Waals surface area (Å²) < 4.78 is 0. The van der Waals surface area contributed by atoms with Gasteiger partial charge in [0.05, 0.1) is 12.1 Å². The Hall–Kier alpha value is -1.23. The molecule has 0 aliphatic carbocycles. The predicted molar refractivity (Wildman–Crippen MR) is 135 cm³/mol. The van der Waals surface area contributed by atoms with Gasteiger partial charge in [-0.2, -0.15) is 0 Å². The van der Waals surface area contributed by atoms with Crippen LogP contribution in [0.15, 0.2) is 0 Å². The van der Waals surface area contributed by atoms with E-state index in [9.17, 15) is 14.4 Å². The lowest BCUT2D eigenvalue weighted by atomic mass is 9.87. The summed E-state index contributed by atoms with van der Waals surface area (Å²) in [4.78, 5) is 39.3. The van der Waals surface area contributed by atoms with Gasteiger partial charge in [0, 0.05) is 24.8 Å². The fourth-order valence-corrected chi connectivity index (χ4v) is 4.04. The van der Waals surface area contributed by atoms with Gasteiger partial charge in [0.25, 0.3) is 0 Å². The van der Waals surface area contributed by atoms with Crippen LogP contribution >= 0.6 is 0 Å². The van der Waals surface area contributed by atoms with Crippen LogP contribution in [0.3, 0.4) is 0 Å². The van der Waals surface area contributed by atoms with Crippen molar-refractivity contribution < 1.29 is 14.4 Å². The van der Waals surface area contributed by atoms with Crippen molar-refractivity contribution in [1.82, 2.24) is 10.6 Å². The molecule has 0 aromatic rings. The van der Waals surface area contributed by atoms with Gasteiger partial charge in [-0.25, -0.2) is 0 Å². The summed E-state index contributed by atoms with van der Waals surface area (Å²) in [6.07, 6.45) is 3.57. The Morgan fingerprint density at radius 2 is 1.12 bits per heavy atom. The number of nitrogens with one attached hydrogen (secondary N) is 2. The fraction of sp³-hybridized carbons (Fsp3) is 0.889. The molecule has 188 valence electrons. The van der Waals surface area contributed by atoms with Crippen molar-refractivity contribution in [3.8, 4) is 0 Å². The second-order valence-electron chi connectivity index (χ2n) is 11.6. The largest absolute Gasteiger partial charge is 0.346 e. The zero-order valence-corrected chi connectivity index (χ0v) is 22.6. The Balaban J connectivity index is 5.44. The minimum atomic E-state index is -0.466. The van der Waals surface area contributed by atoms with Crippen LogP contribution in [-0.4, -0.2) is 35.6 Å². The van der Waals surface area contributed by atoms with Gasteiger partial charge in [-0.3, -0.25) is 14.4 Å². The first-order valence-electron chi connectivity index (χ1n) is 12.8. The van der Waals surface area contributed by atoms with Crippen LogP contribution in [-0.2, 0) is 14.4 Å². The van der Waals surface area contributed by atoms with Crippen molar-refractivity contribution in [2.24, 2.45) is 29.6 Å². The lowest BCUT2D eigenvalue weighted by molar-refractivity contribution is -0.133. The Morgan fingerprint density at radius 1 is 0.625 bits per heavy atom. The van der Waals surface area contributed by atoms with E-state index < -0.39 is 12.0 Å². The molecule has 0 aromatic heterocycles. The molecule has 3 atom stereocenters. The van der Waals surface area contributed by atoms with E-state index in [1.165, 1.54) is 0 Å². The lowest BCUT2D eigenvalue weighted by Crippen LogP contribution is -2.47. The maximum absolute atomic E-state index is 13.3. The third-order valence-electron chi connectivity index (χ3n) is 5.58. The van der Waals surface area contributed by atoms with Gasteiger partial charge < -0.3 is 10.6 Å². The molecule has 0 heterocycles. The number of Topliss-reactive ketones (excluding diaryl/α,β-unsaturated/α-hetero) is 2. The van der Waals surface area contributed by atoms with E-state index in [-0.39, 0.29) is 36.0 Å². The third-order valence-corrected chi connectivity index (χ3v) is 5.58. The van der Waals surface area contributed by atoms with E-state index in [2.05, 4.69) is 66.0 Å². The molecule has 0 aliphatic heterocycles. The van der Waals surface area contributed by atoms with Gasteiger partial charge in [-0.1, -0.05) is 69.2 Å². The van der Waals surface area contributed by atoms with Crippen molar-refractivity contribution in [1.29, 1.82) is 0 Å². The minimum absolute atomic E-state index is 0.0970. The number of ketones is 2. The second kappa shape index (κ2) is 15.6. The summed E-state index contributed by atoms with van der Waals surface area (Å²) in [5.41, 5.74) is 0. The number of rotatable bonds is 17. The molecular formula is C27H52N2O3. The first-order chi connectivity index (χ1) is 14.7. The molecule has 0 saturated carbocycles. The average molecular weight is 453 g/mol. The van der Waals surface area contributed by atoms with Gasteiger partial charge in [0.2, 0.25) is 5.91 Å². The molecule has 32 heavy (non-hydrogen) atoms. The van der Waals surface area contributed by atoms with Crippen LogP contribution in [0.5, 0.6) is 0 Å². The third kappa shape index (κ3) is 14.0. The predicted octanol–water partition coefficient (Wildman–Crippen LogP) is 5.56. The van der Waals surface area contributed by atoms with Gasteiger partial charge >= 0.3 is 0 Å². The molecule has 2 N–H and O–H groups in total. The average Bonchev–Trinajstić information content (AvgIpc) is 2.62. The summed E-state index contributed by atoms with van der Waals surface area (Å²) in [5, 5.41) is 6.43. The number of hydrogen-bond acceptors (Lipinski definition) is 4. The molecule has 0 fully saturated rings. The van der Waals surface area contributed by atoms with E-state index in [0.717, 1.165) is 12.8 Å². The highest BCUT2D eigenvalue weighted by molar-refractivity contribution is 5.93. The highest BCUT2D eigenvalue weighted by Gasteiger charge is 2.30. The second-order valence-corrected chi connectivity index (χ2v) is 11.6. The Labute approximate surface area is 198 Å². The van der Waals surface area contributed by atoms with Crippen LogP contribution in [0.25, 0.3) is 0 Å². The normalized spacial score (nSPS) is 15.0. The molecule has 0 rings (SSSR count). The zero-order chi connectivity index (χ0) is 25.0. The van der Waals surface area contributed by atoms with Crippen molar-refractivity contribution in [2.45, 2.75) is 126 Å². The summed E-state index contributed by atoms with van der Waals surface area (Å²) >= 11 is 0. The molecule has 0 aliphatic rings. The van der Waals surface area contributed by atoms with E-state index in [1.54, 1.807) is 0 Å². The van der Waals surface area contributed by atoms with Gasteiger partial charge in [0.15, 0.2) is 11.6 Å². The Morgan fingerprint density at radius 3 is 1.56 bits per heavy atom. The number of hydrogen-bond donors (Lipinski definition) is 2. The van der Waals surface area contributed by atoms with E-state index >= 15 is 0 Å². The summed E-state index contributed by atoms with van der Waals surface area (Å²) in [6.45, 7) is 20.8. The number of amides is 1. The van der Waals surface area contributed by atoms with E-state index in [4.69, 9.17) is 0 Å². The first kappa shape index (κ1) is 30.8. The summed E-state index contributed by atoms with van der Waals surface area (Å²) in [7, 11) is 0. The molecule has 5 heteroatoms. The highest BCUT2D eigenvalue weighted by Crippen LogP contribution is 2.21. The molecule has 0 spiro atoms. The molecule has 0 bridgehead atoms. The lowest BCUT2D eigenvalue weighted by Gasteiger charge is -2.27. The van der Waals surface area contributed by atoms with E-state index in [0.29, 0.717) is 42.9 Å². The van der Waals surface area contributed by atoms with Crippen LogP contribution in [0.1, 0.15) is 108 Å². The molecule has 1 amide bonds. The van der Waals surface area contributed by atoms with E-state index in [1.807, 2.05) is 13.8 Å². The summed E-state index contributed by atoms with van der Waals surface area (Å²) in [5.74, 6) is 1.09. The zero-order valence-electron chi connectivity index (χ0n) is 22.6. The van der Waals surface area contributed by atoms with Crippen molar-refractivity contribution in [2.75, 3.05) is 0 Å². The molecule has 3 unspecified atom stereocenters. The number of carbonyl (C=O) groups excluding carboxylic acids is 3. The quantitative estimate of drug-likeness (QED) is 0.303. The smallest absolute Gasteiger partial charge is 0.224 e. The monoisotopic (exact) mass is 452 g/mol. The van der Waals surface area contributed by atoms with Crippen molar-refractivity contribution >= 4 is 17.5 Å². The van der Waals surface area contributed by atoms with Crippen LogP contribution in [0.2, 0.25) is 0 Å². The first-order valence-corrected chi connectivity index (χ1v) is 12.8. The Kier molecular flexibility index (Phi) is 15.0. The topological polar surface area (TPSA) is 75.3 Å². The highest BCUT2D eigenvalue weighted by atomic mass is 16.2. The van der Waals surface area contributed by atoms with Crippen LogP contribution in [0.4, 0.5) is 0 Å².